The van der Waals surface area contributed by atoms with Crippen LogP contribution in [0.25, 0.3) is 11.1 Å². The molecule has 4 rings (SSSR count). The Kier molecular flexibility index (Phi) is 4.02. The van der Waals surface area contributed by atoms with Crippen molar-refractivity contribution in [2.75, 3.05) is 0 Å². The fourth-order valence-electron chi connectivity index (χ4n) is 3.44. The van der Waals surface area contributed by atoms with Crippen molar-refractivity contribution < 1.29 is 23.1 Å². The summed E-state index contributed by atoms with van der Waals surface area (Å²) in [5, 5.41) is 17.4. The molecule has 0 amide bonds. The highest BCUT2D eigenvalue weighted by molar-refractivity contribution is 6.01. The van der Waals surface area contributed by atoms with Gasteiger partial charge in [-0.15, -0.1) is 0 Å². The molecular formula is C18H18F3N3O2. The van der Waals surface area contributed by atoms with Crippen molar-refractivity contribution in [1.29, 1.82) is 0 Å². The molecule has 1 atom stereocenters. The summed E-state index contributed by atoms with van der Waals surface area (Å²) in [6, 6.07) is 7.41. The number of halogens is 3. The molecule has 0 radical (unpaired) electrons. The molecule has 1 aromatic carbocycles. The Morgan fingerprint density at radius 3 is 2.35 bits per heavy atom. The molecule has 0 saturated heterocycles. The third kappa shape index (κ3) is 2.98. The minimum absolute atomic E-state index is 0.0676. The van der Waals surface area contributed by atoms with Crippen molar-refractivity contribution in [3.8, 4) is 11.1 Å². The Hall–Kier alpha value is -2.35. The highest BCUT2D eigenvalue weighted by atomic mass is 19.4. The van der Waals surface area contributed by atoms with E-state index in [0.29, 0.717) is 11.6 Å². The van der Waals surface area contributed by atoms with Gasteiger partial charge in [0.1, 0.15) is 0 Å². The maximum atomic E-state index is 12.8. The number of hydrogen-bond donors (Lipinski definition) is 1. The second-order valence-electron chi connectivity index (χ2n) is 6.81. The molecule has 1 fully saturated rings. The minimum Gasteiger partial charge on any atom is -0.350 e. The van der Waals surface area contributed by atoms with Crippen LogP contribution in [0.4, 0.5) is 13.2 Å². The van der Waals surface area contributed by atoms with Gasteiger partial charge in [0.15, 0.2) is 0 Å². The van der Waals surface area contributed by atoms with E-state index in [4.69, 9.17) is 0 Å². The molecule has 2 aromatic rings. The second-order valence-corrected chi connectivity index (χ2v) is 6.81. The molecule has 2 aliphatic rings. The van der Waals surface area contributed by atoms with Gasteiger partial charge in [-0.1, -0.05) is 42.3 Å². The zero-order valence-corrected chi connectivity index (χ0v) is 13.9. The molecule has 1 unspecified atom stereocenters. The lowest BCUT2D eigenvalue weighted by Gasteiger charge is -2.22. The summed E-state index contributed by atoms with van der Waals surface area (Å²) in [6.45, 7) is 0. The number of benzene rings is 1. The van der Waals surface area contributed by atoms with E-state index in [1.165, 1.54) is 12.8 Å². The van der Waals surface area contributed by atoms with Gasteiger partial charge in [0.2, 0.25) is 0 Å². The summed E-state index contributed by atoms with van der Waals surface area (Å²) in [4.78, 5) is 4.25. The lowest BCUT2D eigenvalue weighted by Crippen LogP contribution is -2.45. The number of oxime groups is 1. The van der Waals surface area contributed by atoms with Crippen LogP contribution in [-0.2, 0) is 4.84 Å². The third-order valence-electron chi connectivity index (χ3n) is 5.01. The first kappa shape index (κ1) is 17.1. The number of aromatic nitrogens is 2. The number of rotatable bonds is 3. The number of nitrogens with zero attached hydrogens (tertiary/aromatic N) is 3. The Morgan fingerprint density at radius 2 is 1.73 bits per heavy atom. The smallest absolute Gasteiger partial charge is 0.350 e. The van der Waals surface area contributed by atoms with Crippen LogP contribution in [0.2, 0.25) is 0 Å². The molecule has 2 heterocycles. The van der Waals surface area contributed by atoms with Crippen LogP contribution in [0.5, 0.6) is 0 Å². The maximum Gasteiger partial charge on any atom is 0.458 e. The van der Waals surface area contributed by atoms with Gasteiger partial charge < -0.3 is 9.94 Å². The molecule has 0 spiro atoms. The molecule has 1 aliphatic carbocycles. The molecule has 1 aliphatic heterocycles. The van der Waals surface area contributed by atoms with Crippen molar-refractivity contribution in [2.45, 2.75) is 50.1 Å². The Labute approximate surface area is 148 Å². The molecule has 8 heteroatoms. The predicted molar refractivity (Wildman–Crippen MR) is 88.4 cm³/mol. The summed E-state index contributed by atoms with van der Waals surface area (Å²) < 4.78 is 40.4. The SMILES string of the molecule is OC1(C(F)(F)F)CC(c2ccc(-c3cnn(C4CCCC4)c3)cc2)=NO1. The molecule has 138 valence electrons. The van der Waals surface area contributed by atoms with Crippen LogP contribution in [-0.4, -0.2) is 32.6 Å². The first-order chi connectivity index (χ1) is 12.4. The first-order valence-corrected chi connectivity index (χ1v) is 8.55. The summed E-state index contributed by atoms with van der Waals surface area (Å²) in [6.07, 6.45) is 2.91. The largest absolute Gasteiger partial charge is 0.458 e. The normalized spacial score (nSPS) is 23.9. The average Bonchev–Trinajstić information content (AvgIpc) is 3.35. The van der Waals surface area contributed by atoms with Crippen molar-refractivity contribution >= 4 is 5.71 Å². The molecule has 1 saturated carbocycles. The minimum atomic E-state index is -4.90. The summed E-state index contributed by atoms with van der Waals surface area (Å²) in [5.41, 5.74) is 2.43. The van der Waals surface area contributed by atoms with E-state index in [2.05, 4.69) is 15.1 Å². The molecule has 5 nitrogen and oxygen atoms in total. The number of alkyl halides is 3. The predicted octanol–water partition coefficient (Wildman–Crippen LogP) is 4.04. The maximum absolute atomic E-state index is 12.8. The molecule has 26 heavy (non-hydrogen) atoms. The standard InChI is InChI=1S/C18H18F3N3O2/c19-18(20,21)17(25)9-16(23-26-17)13-7-5-12(6-8-13)14-10-22-24(11-14)15-3-1-2-4-15/h5-8,10-11,15,25H,1-4,9H2. The van der Waals surface area contributed by atoms with Crippen molar-refractivity contribution in [3.05, 3.63) is 42.2 Å². The van der Waals surface area contributed by atoms with Crippen LogP contribution in [0.15, 0.2) is 41.8 Å². The van der Waals surface area contributed by atoms with Crippen LogP contribution in [0.1, 0.15) is 43.7 Å². The van der Waals surface area contributed by atoms with Crippen LogP contribution in [0.3, 0.4) is 0 Å². The number of aliphatic hydroxyl groups is 1. The summed E-state index contributed by atoms with van der Waals surface area (Å²) >= 11 is 0. The quantitative estimate of drug-likeness (QED) is 0.893. The third-order valence-corrected chi connectivity index (χ3v) is 5.01. The fourth-order valence-corrected chi connectivity index (χ4v) is 3.44. The zero-order valence-electron chi connectivity index (χ0n) is 13.9. The van der Waals surface area contributed by atoms with Gasteiger partial charge in [0.25, 0.3) is 0 Å². The van der Waals surface area contributed by atoms with Gasteiger partial charge in [-0.05, 0) is 24.0 Å². The lowest BCUT2D eigenvalue weighted by atomic mass is 10.00. The Bertz CT molecular complexity index is 823. The van der Waals surface area contributed by atoms with Gasteiger partial charge in [-0.2, -0.15) is 18.3 Å². The molecule has 0 bridgehead atoms. The molecular weight excluding hydrogens is 347 g/mol. The summed E-state index contributed by atoms with van der Waals surface area (Å²) in [5.74, 6) is -3.25. The van der Waals surface area contributed by atoms with Gasteiger partial charge in [-0.3, -0.25) is 4.68 Å². The Morgan fingerprint density at radius 1 is 1.08 bits per heavy atom. The first-order valence-electron chi connectivity index (χ1n) is 8.55. The van der Waals surface area contributed by atoms with Crippen LogP contribution < -0.4 is 0 Å². The lowest BCUT2D eigenvalue weighted by molar-refractivity contribution is -0.355. The van der Waals surface area contributed by atoms with E-state index in [9.17, 15) is 18.3 Å². The van der Waals surface area contributed by atoms with E-state index in [1.54, 1.807) is 30.5 Å². The fraction of sp³-hybridized carbons (Fsp3) is 0.444. The van der Waals surface area contributed by atoms with E-state index < -0.39 is 18.4 Å². The van der Waals surface area contributed by atoms with E-state index in [0.717, 1.165) is 24.0 Å². The topological polar surface area (TPSA) is 59.6 Å². The molecule has 1 N–H and O–H groups in total. The highest BCUT2D eigenvalue weighted by Gasteiger charge is 2.60. The van der Waals surface area contributed by atoms with Crippen LogP contribution in [0, 0.1) is 0 Å². The van der Waals surface area contributed by atoms with Crippen molar-refractivity contribution in [2.24, 2.45) is 5.16 Å². The summed E-state index contributed by atoms with van der Waals surface area (Å²) in [7, 11) is 0. The van der Waals surface area contributed by atoms with Crippen molar-refractivity contribution in [3.63, 3.8) is 0 Å². The van der Waals surface area contributed by atoms with Gasteiger partial charge in [0.05, 0.1) is 24.4 Å². The highest BCUT2D eigenvalue weighted by Crippen LogP contribution is 2.39. The Balaban J connectivity index is 1.49. The van der Waals surface area contributed by atoms with Gasteiger partial charge in [-0.25, -0.2) is 0 Å². The van der Waals surface area contributed by atoms with Gasteiger partial charge in [0, 0.05) is 11.8 Å². The average molecular weight is 365 g/mol. The van der Waals surface area contributed by atoms with Gasteiger partial charge >= 0.3 is 12.0 Å². The van der Waals surface area contributed by atoms with Crippen molar-refractivity contribution in [1.82, 2.24) is 9.78 Å². The monoisotopic (exact) mass is 365 g/mol. The molecule has 1 aromatic heterocycles. The second kappa shape index (κ2) is 6.12. The van der Waals surface area contributed by atoms with E-state index in [1.807, 2.05) is 10.9 Å². The van der Waals surface area contributed by atoms with E-state index in [-0.39, 0.29) is 5.71 Å². The zero-order chi connectivity index (χ0) is 18.4. The number of hydrogen-bond acceptors (Lipinski definition) is 4. The van der Waals surface area contributed by atoms with E-state index >= 15 is 0 Å². The van der Waals surface area contributed by atoms with Crippen LogP contribution >= 0.6 is 0 Å².